The van der Waals surface area contributed by atoms with E-state index in [1.807, 2.05) is 25.1 Å². The smallest absolute Gasteiger partial charge is 0.271 e. The Balaban J connectivity index is 1.55. The van der Waals surface area contributed by atoms with Gasteiger partial charge in [0.05, 0.1) is 12.1 Å². The van der Waals surface area contributed by atoms with Crippen LogP contribution in [0.25, 0.3) is 0 Å². The van der Waals surface area contributed by atoms with Gasteiger partial charge in [-0.05, 0) is 55.7 Å². The lowest BCUT2D eigenvalue weighted by molar-refractivity contribution is -0.0950. The van der Waals surface area contributed by atoms with Crippen LogP contribution < -0.4 is 10.6 Å². The Kier molecular flexibility index (Phi) is 5.12. The van der Waals surface area contributed by atoms with Gasteiger partial charge in [0.1, 0.15) is 5.69 Å². The number of benzene rings is 1. The molecule has 8 heteroatoms. The quantitative estimate of drug-likeness (QED) is 0.697. The highest BCUT2D eigenvalue weighted by molar-refractivity contribution is 6.30. The molecule has 2 fully saturated rings. The predicted molar refractivity (Wildman–Crippen MR) is 109 cm³/mol. The van der Waals surface area contributed by atoms with E-state index < -0.39 is 0 Å². The van der Waals surface area contributed by atoms with Crippen LogP contribution in [0.2, 0.25) is 5.02 Å². The van der Waals surface area contributed by atoms with Crippen molar-refractivity contribution >= 4 is 23.4 Å². The molecule has 2 amide bonds. The topological polar surface area (TPSA) is 96.3 Å². The number of rotatable bonds is 5. The van der Waals surface area contributed by atoms with Crippen LogP contribution in [-0.4, -0.2) is 45.9 Å². The van der Waals surface area contributed by atoms with Gasteiger partial charge in [-0.15, -0.1) is 0 Å². The second-order valence-electron chi connectivity index (χ2n) is 8.31. The molecular weight excluding hydrogens is 392 g/mol. The molecule has 1 spiro atoms. The first-order chi connectivity index (χ1) is 13.8. The van der Waals surface area contributed by atoms with Gasteiger partial charge in [-0.1, -0.05) is 23.7 Å². The van der Waals surface area contributed by atoms with Crippen LogP contribution >= 0.6 is 11.6 Å². The summed E-state index contributed by atoms with van der Waals surface area (Å²) < 4.78 is 1.58. The summed E-state index contributed by atoms with van der Waals surface area (Å²) in [6.45, 7) is 1.91. The number of aromatic nitrogens is 2. The Morgan fingerprint density at radius 3 is 2.59 bits per heavy atom. The zero-order chi connectivity index (χ0) is 20.8. The number of carbonyl (C=O) groups is 2. The largest absolute Gasteiger partial charge is 0.393 e. The molecule has 4 rings (SSSR count). The van der Waals surface area contributed by atoms with Crippen LogP contribution in [0.4, 0.5) is 0 Å². The fourth-order valence-corrected chi connectivity index (χ4v) is 4.82. The molecule has 0 aliphatic heterocycles. The van der Waals surface area contributed by atoms with Crippen molar-refractivity contribution in [3.63, 3.8) is 0 Å². The molecule has 7 nitrogen and oxygen atoms in total. The number of nitrogens with one attached hydrogen (secondary N) is 2. The summed E-state index contributed by atoms with van der Waals surface area (Å²) in [5.41, 5.74) is 1.63. The van der Waals surface area contributed by atoms with E-state index in [1.165, 1.54) is 13.1 Å². The van der Waals surface area contributed by atoms with Gasteiger partial charge in [0, 0.05) is 24.2 Å². The van der Waals surface area contributed by atoms with Crippen molar-refractivity contribution in [2.75, 3.05) is 7.05 Å². The van der Waals surface area contributed by atoms with Gasteiger partial charge >= 0.3 is 0 Å². The number of aliphatic hydroxyl groups is 1. The summed E-state index contributed by atoms with van der Waals surface area (Å²) in [6.07, 6.45) is 3.22. The van der Waals surface area contributed by atoms with E-state index in [2.05, 4.69) is 15.7 Å². The molecule has 2 aromatic rings. The third-order valence-corrected chi connectivity index (χ3v) is 6.39. The summed E-state index contributed by atoms with van der Waals surface area (Å²) in [5.74, 6) is -0.594. The van der Waals surface area contributed by atoms with E-state index >= 15 is 0 Å². The van der Waals surface area contributed by atoms with Gasteiger partial charge in [0.15, 0.2) is 5.69 Å². The standard InChI is InChI=1S/C21H25ClN4O3/c1-12(13-4-3-5-14(22)6-13)26-18(7-17(25-26)19(28)23-2)20(29)24-15-8-21(9-15)10-16(27)11-21/h3-7,12,15-16,27H,8-11H2,1-2H3,(H,23,28)(H,24,29). The number of carbonyl (C=O) groups excluding carboxylic acids is 2. The van der Waals surface area contributed by atoms with Crippen molar-refractivity contribution in [1.29, 1.82) is 0 Å². The van der Waals surface area contributed by atoms with Crippen molar-refractivity contribution in [3.05, 3.63) is 52.3 Å². The Labute approximate surface area is 174 Å². The predicted octanol–water partition coefficient (Wildman–Crippen LogP) is 2.54. The van der Waals surface area contributed by atoms with E-state index in [9.17, 15) is 14.7 Å². The maximum Gasteiger partial charge on any atom is 0.271 e. The minimum atomic E-state index is -0.345. The third-order valence-electron chi connectivity index (χ3n) is 6.16. The summed E-state index contributed by atoms with van der Waals surface area (Å²) in [4.78, 5) is 25.1. The third kappa shape index (κ3) is 3.76. The van der Waals surface area contributed by atoms with E-state index in [1.54, 1.807) is 10.7 Å². The van der Waals surface area contributed by atoms with Crippen molar-refractivity contribution in [1.82, 2.24) is 20.4 Å². The number of halogens is 1. The van der Waals surface area contributed by atoms with Crippen LogP contribution in [0.3, 0.4) is 0 Å². The lowest BCUT2D eigenvalue weighted by Crippen LogP contribution is -2.57. The van der Waals surface area contributed by atoms with Gasteiger partial charge in [-0.2, -0.15) is 5.10 Å². The Morgan fingerprint density at radius 1 is 1.24 bits per heavy atom. The van der Waals surface area contributed by atoms with Crippen LogP contribution in [-0.2, 0) is 0 Å². The monoisotopic (exact) mass is 416 g/mol. The van der Waals surface area contributed by atoms with Crippen LogP contribution in [0.1, 0.15) is 65.2 Å². The minimum Gasteiger partial charge on any atom is -0.393 e. The van der Waals surface area contributed by atoms with Gasteiger partial charge in [-0.3, -0.25) is 14.3 Å². The van der Waals surface area contributed by atoms with E-state index in [0.29, 0.717) is 10.7 Å². The molecular formula is C21H25ClN4O3. The Hall–Kier alpha value is -2.38. The normalized spacial score (nSPS) is 26.3. The molecule has 0 radical (unpaired) electrons. The Bertz CT molecular complexity index is 943. The highest BCUT2D eigenvalue weighted by atomic mass is 35.5. The zero-order valence-electron chi connectivity index (χ0n) is 16.5. The molecule has 2 aliphatic rings. The lowest BCUT2D eigenvalue weighted by atomic mass is 9.53. The molecule has 1 aromatic carbocycles. The van der Waals surface area contributed by atoms with Gasteiger partial charge in [0.2, 0.25) is 0 Å². The average Bonchev–Trinajstić information content (AvgIpc) is 3.09. The van der Waals surface area contributed by atoms with Gasteiger partial charge in [0.25, 0.3) is 11.8 Å². The molecule has 1 aromatic heterocycles. The van der Waals surface area contributed by atoms with Crippen molar-refractivity contribution in [3.8, 4) is 0 Å². The number of amides is 2. The average molecular weight is 417 g/mol. The number of aliphatic hydroxyl groups excluding tert-OH is 1. The summed E-state index contributed by atoms with van der Waals surface area (Å²) in [6, 6.07) is 8.71. The molecule has 1 unspecified atom stereocenters. The zero-order valence-corrected chi connectivity index (χ0v) is 17.2. The second kappa shape index (κ2) is 7.46. The first-order valence-corrected chi connectivity index (χ1v) is 10.2. The van der Waals surface area contributed by atoms with Crippen molar-refractivity contribution in [2.24, 2.45) is 5.41 Å². The molecule has 1 heterocycles. The molecule has 0 saturated heterocycles. The molecule has 2 saturated carbocycles. The molecule has 154 valence electrons. The maximum atomic E-state index is 13.0. The Morgan fingerprint density at radius 2 is 1.97 bits per heavy atom. The number of hydrogen-bond donors (Lipinski definition) is 3. The van der Waals surface area contributed by atoms with Crippen LogP contribution in [0.5, 0.6) is 0 Å². The van der Waals surface area contributed by atoms with E-state index in [-0.39, 0.29) is 41.1 Å². The molecule has 2 aliphatic carbocycles. The van der Waals surface area contributed by atoms with E-state index in [0.717, 1.165) is 31.2 Å². The van der Waals surface area contributed by atoms with Crippen molar-refractivity contribution in [2.45, 2.75) is 50.8 Å². The molecule has 29 heavy (non-hydrogen) atoms. The fraction of sp³-hybridized carbons (Fsp3) is 0.476. The lowest BCUT2D eigenvalue weighted by Gasteiger charge is -2.56. The summed E-state index contributed by atoms with van der Waals surface area (Å²) >= 11 is 6.12. The highest BCUT2D eigenvalue weighted by Crippen LogP contribution is 2.55. The first kappa shape index (κ1) is 19.9. The SMILES string of the molecule is CNC(=O)c1cc(C(=O)NC2CC3(CC(O)C3)C2)n(C(C)c2cccc(Cl)c2)n1. The molecule has 3 N–H and O–H groups in total. The maximum absolute atomic E-state index is 13.0. The summed E-state index contributed by atoms with van der Waals surface area (Å²) in [7, 11) is 1.53. The van der Waals surface area contributed by atoms with Gasteiger partial charge in [-0.25, -0.2) is 0 Å². The first-order valence-electron chi connectivity index (χ1n) is 9.86. The van der Waals surface area contributed by atoms with E-state index in [4.69, 9.17) is 11.6 Å². The summed E-state index contributed by atoms with van der Waals surface area (Å²) in [5, 5.41) is 20.2. The number of hydrogen-bond acceptors (Lipinski definition) is 4. The highest BCUT2D eigenvalue weighted by Gasteiger charge is 2.52. The number of nitrogens with zero attached hydrogens (tertiary/aromatic N) is 2. The minimum absolute atomic E-state index is 0.0864. The van der Waals surface area contributed by atoms with Gasteiger partial charge < -0.3 is 15.7 Å². The fourth-order valence-electron chi connectivity index (χ4n) is 4.63. The second-order valence-corrected chi connectivity index (χ2v) is 8.75. The molecule has 1 atom stereocenters. The van der Waals surface area contributed by atoms with Crippen LogP contribution in [0.15, 0.2) is 30.3 Å². The molecule has 0 bridgehead atoms. The van der Waals surface area contributed by atoms with Crippen molar-refractivity contribution < 1.29 is 14.7 Å². The van der Waals surface area contributed by atoms with Crippen LogP contribution in [0, 0.1) is 5.41 Å².